The number of fused-ring (bicyclic) bond motifs is 1. The van der Waals surface area contributed by atoms with Crippen molar-refractivity contribution in [2.24, 2.45) is 0 Å². The molecule has 0 amide bonds. The fraction of sp³-hybridized carbons (Fsp3) is 0.273. The van der Waals surface area contributed by atoms with Gasteiger partial charge in [0.1, 0.15) is 5.15 Å². The Balaban J connectivity index is 2.65. The minimum absolute atomic E-state index is 0.0544. The van der Waals surface area contributed by atoms with E-state index >= 15 is 0 Å². The molecule has 1 unspecified atom stereocenters. The number of hydrogen-bond acceptors (Lipinski definition) is 5. The number of aromatic nitrogens is 2. The van der Waals surface area contributed by atoms with Gasteiger partial charge in [0.25, 0.3) is 0 Å². The second-order valence-corrected chi connectivity index (χ2v) is 4.22. The fourth-order valence-corrected chi connectivity index (χ4v) is 1.96. The number of aliphatic hydroxyl groups is 1. The van der Waals surface area contributed by atoms with Gasteiger partial charge in [-0.05, 0) is 24.6 Å². The molecule has 1 aromatic heterocycles. The third-order valence-electron chi connectivity index (χ3n) is 2.20. The molecule has 0 fully saturated rings. The quantitative estimate of drug-likeness (QED) is 0.534. The van der Waals surface area contributed by atoms with Crippen LogP contribution in [0.5, 0.6) is 11.5 Å². The molecule has 1 heterocycles. The molecule has 0 bridgehead atoms. The van der Waals surface area contributed by atoms with Crippen LogP contribution < -0.4 is 9.47 Å². The highest BCUT2D eigenvalue weighted by atomic mass is 35.5. The predicted octanol–water partition coefficient (Wildman–Crippen LogP) is 2.66. The Morgan fingerprint density at radius 3 is 2.56 bits per heavy atom. The molecule has 5 nitrogen and oxygen atoms in total. The van der Waals surface area contributed by atoms with E-state index in [0.717, 1.165) is 0 Å². The van der Waals surface area contributed by atoms with Crippen molar-refractivity contribution in [3.63, 3.8) is 0 Å². The first-order chi connectivity index (χ1) is 8.51. The molecule has 1 aromatic carbocycles. The largest absolute Gasteiger partial charge is 0.493 e. The maximum Gasteiger partial charge on any atom is 0.224 e. The average Bonchev–Trinajstić information content (AvgIpc) is 2.28. The normalized spacial score (nSPS) is 12.5. The third kappa shape index (κ3) is 2.58. The molecule has 0 aliphatic rings. The third-order valence-corrected chi connectivity index (χ3v) is 2.66. The van der Waals surface area contributed by atoms with E-state index in [1.807, 2.05) is 0 Å². The first kappa shape index (κ1) is 13.1. The highest BCUT2D eigenvalue weighted by Gasteiger charge is 2.13. The second-order valence-electron chi connectivity index (χ2n) is 3.52. The zero-order valence-corrected chi connectivity index (χ0v) is 11.2. The Bertz CT molecular complexity index is 590. The molecule has 0 spiro atoms. The Hall–Kier alpha value is -1.30. The highest BCUT2D eigenvalue weighted by Crippen LogP contribution is 2.34. The maximum atomic E-state index is 9.25. The van der Waals surface area contributed by atoms with E-state index in [-0.39, 0.29) is 10.4 Å². The second kappa shape index (κ2) is 5.14. The van der Waals surface area contributed by atoms with E-state index in [1.165, 1.54) is 14.0 Å². The van der Waals surface area contributed by atoms with Crippen LogP contribution in [0.2, 0.25) is 10.4 Å². The van der Waals surface area contributed by atoms with Crippen molar-refractivity contribution in [2.45, 2.75) is 13.2 Å². The summed E-state index contributed by atoms with van der Waals surface area (Å²) in [6.45, 7) is 1.49. The van der Waals surface area contributed by atoms with Crippen LogP contribution >= 0.6 is 23.2 Å². The lowest BCUT2D eigenvalue weighted by molar-refractivity contribution is -0.00194. The van der Waals surface area contributed by atoms with E-state index in [9.17, 15) is 5.11 Å². The summed E-state index contributed by atoms with van der Waals surface area (Å²) < 4.78 is 10.4. The fourth-order valence-electron chi connectivity index (χ4n) is 1.51. The van der Waals surface area contributed by atoms with Crippen molar-refractivity contribution >= 4 is 34.1 Å². The van der Waals surface area contributed by atoms with Crippen LogP contribution in [0.25, 0.3) is 10.9 Å². The van der Waals surface area contributed by atoms with Crippen LogP contribution in [0.4, 0.5) is 0 Å². The molecular formula is C11H10Cl2N2O3. The Morgan fingerprint density at radius 2 is 1.94 bits per heavy atom. The molecule has 2 aromatic rings. The lowest BCUT2D eigenvalue weighted by atomic mass is 10.2. The van der Waals surface area contributed by atoms with Gasteiger partial charge in [-0.15, -0.1) is 0 Å². The SMILES string of the molecule is COc1cc2nc(Cl)nc(Cl)c2cc1OC(C)O. The molecule has 1 atom stereocenters. The molecule has 0 saturated heterocycles. The Labute approximate surface area is 113 Å². The van der Waals surface area contributed by atoms with Gasteiger partial charge in [-0.2, -0.15) is 0 Å². The number of benzene rings is 1. The van der Waals surface area contributed by atoms with Crippen LogP contribution in [0.3, 0.4) is 0 Å². The highest BCUT2D eigenvalue weighted by molar-refractivity contribution is 6.35. The Morgan fingerprint density at radius 1 is 1.22 bits per heavy atom. The molecule has 0 radical (unpaired) electrons. The minimum Gasteiger partial charge on any atom is -0.493 e. The van der Waals surface area contributed by atoms with Gasteiger partial charge in [-0.1, -0.05) is 11.6 Å². The number of nitrogens with zero attached hydrogens (tertiary/aromatic N) is 2. The van der Waals surface area contributed by atoms with Gasteiger partial charge in [0.15, 0.2) is 17.8 Å². The van der Waals surface area contributed by atoms with E-state index in [0.29, 0.717) is 22.4 Å². The van der Waals surface area contributed by atoms with Crippen molar-refractivity contribution in [1.29, 1.82) is 0 Å². The van der Waals surface area contributed by atoms with Crippen LogP contribution in [-0.4, -0.2) is 28.5 Å². The summed E-state index contributed by atoms with van der Waals surface area (Å²) in [5.41, 5.74) is 0.537. The first-order valence-corrected chi connectivity index (χ1v) is 5.82. The Kier molecular flexibility index (Phi) is 3.75. The van der Waals surface area contributed by atoms with Gasteiger partial charge in [-0.3, -0.25) is 0 Å². The van der Waals surface area contributed by atoms with Gasteiger partial charge in [-0.25, -0.2) is 9.97 Å². The first-order valence-electron chi connectivity index (χ1n) is 5.06. The molecule has 0 saturated carbocycles. The van der Waals surface area contributed by atoms with E-state index in [2.05, 4.69) is 9.97 Å². The van der Waals surface area contributed by atoms with Gasteiger partial charge in [0.2, 0.25) is 5.28 Å². The number of rotatable bonds is 3. The summed E-state index contributed by atoms with van der Waals surface area (Å²) >= 11 is 11.7. The maximum absolute atomic E-state index is 9.25. The molecule has 18 heavy (non-hydrogen) atoms. The van der Waals surface area contributed by atoms with Crippen molar-refractivity contribution in [2.75, 3.05) is 7.11 Å². The smallest absolute Gasteiger partial charge is 0.224 e. The standard InChI is InChI=1S/C11H10Cl2N2O3/c1-5(16)18-9-3-6-7(4-8(9)17-2)14-11(13)15-10(6)12/h3-5,16H,1-2H3. The molecule has 7 heteroatoms. The molecule has 2 rings (SSSR count). The molecule has 0 aliphatic heterocycles. The summed E-state index contributed by atoms with van der Waals surface area (Å²) in [6.07, 6.45) is -0.969. The average molecular weight is 289 g/mol. The van der Waals surface area contributed by atoms with Gasteiger partial charge in [0.05, 0.1) is 12.6 Å². The van der Waals surface area contributed by atoms with Crippen molar-refractivity contribution in [1.82, 2.24) is 9.97 Å². The molecule has 1 N–H and O–H groups in total. The van der Waals surface area contributed by atoms with Crippen molar-refractivity contribution < 1.29 is 14.6 Å². The van der Waals surface area contributed by atoms with Crippen LogP contribution in [0.15, 0.2) is 12.1 Å². The summed E-state index contributed by atoms with van der Waals surface area (Å²) in [7, 11) is 1.49. The zero-order valence-electron chi connectivity index (χ0n) is 9.65. The topological polar surface area (TPSA) is 64.5 Å². The molecule has 96 valence electrons. The zero-order chi connectivity index (χ0) is 13.3. The number of methoxy groups -OCH3 is 1. The number of ether oxygens (including phenoxy) is 2. The number of halogens is 2. The van der Waals surface area contributed by atoms with E-state index in [4.69, 9.17) is 32.7 Å². The number of aliphatic hydroxyl groups excluding tert-OH is 1. The van der Waals surface area contributed by atoms with Crippen molar-refractivity contribution in [3.05, 3.63) is 22.6 Å². The number of hydrogen-bond donors (Lipinski definition) is 1. The predicted molar refractivity (Wildman–Crippen MR) is 68.4 cm³/mol. The van der Waals surface area contributed by atoms with Crippen LogP contribution in [0.1, 0.15) is 6.92 Å². The summed E-state index contributed by atoms with van der Waals surface area (Å²) in [5.74, 6) is 0.780. The van der Waals surface area contributed by atoms with Gasteiger partial charge in [0, 0.05) is 11.5 Å². The van der Waals surface area contributed by atoms with E-state index in [1.54, 1.807) is 12.1 Å². The van der Waals surface area contributed by atoms with Gasteiger partial charge >= 0.3 is 0 Å². The molecule has 0 aliphatic carbocycles. The summed E-state index contributed by atoms with van der Waals surface area (Å²) in [5, 5.41) is 10.1. The summed E-state index contributed by atoms with van der Waals surface area (Å²) in [6, 6.07) is 3.21. The molecular weight excluding hydrogens is 279 g/mol. The van der Waals surface area contributed by atoms with Gasteiger partial charge < -0.3 is 14.6 Å². The summed E-state index contributed by atoms with van der Waals surface area (Å²) in [4.78, 5) is 7.88. The van der Waals surface area contributed by atoms with E-state index < -0.39 is 6.29 Å². The van der Waals surface area contributed by atoms with Crippen LogP contribution in [0, 0.1) is 0 Å². The lowest BCUT2D eigenvalue weighted by Crippen LogP contribution is -2.10. The van der Waals surface area contributed by atoms with Crippen molar-refractivity contribution in [3.8, 4) is 11.5 Å². The minimum atomic E-state index is -0.969. The monoisotopic (exact) mass is 288 g/mol. The lowest BCUT2D eigenvalue weighted by Gasteiger charge is -2.13. The van der Waals surface area contributed by atoms with Crippen LogP contribution in [-0.2, 0) is 0 Å².